The Hall–Kier alpha value is -2.45. The molecule has 9 heteroatoms. The van der Waals surface area contributed by atoms with Gasteiger partial charge in [-0.25, -0.2) is 0 Å². The Morgan fingerprint density at radius 2 is 1.78 bits per heavy atom. The number of nitrogens with two attached hydrogens (primary N) is 1. The summed E-state index contributed by atoms with van der Waals surface area (Å²) in [4.78, 5) is 44.3. The third-order valence-corrected chi connectivity index (χ3v) is 8.84. The number of carbonyl (C=O) groups is 3. The molecule has 0 aliphatic carbocycles. The summed E-state index contributed by atoms with van der Waals surface area (Å²) < 4.78 is 5.34. The number of hydrogen-bond acceptors (Lipinski definition) is 6. The minimum Gasteiger partial charge on any atom is -0.463 e. The second kappa shape index (κ2) is 14.6. The monoisotopic (exact) mass is 601 g/mol. The summed E-state index contributed by atoms with van der Waals surface area (Å²) in [5, 5.41) is 0.895. The summed E-state index contributed by atoms with van der Waals surface area (Å²) in [5.74, 6) is -0.501. The van der Waals surface area contributed by atoms with E-state index in [4.69, 9.17) is 33.7 Å². The van der Waals surface area contributed by atoms with Gasteiger partial charge in [-0.2, -0.15) is 0 Å². The van der Waals surface area contributed by atoms with Gasteiger partial charge in [0.1, 0.15) is 0 Å². The number of fused-ring (bicyclic) bond motifs is 1. The third-order valence-electron chi connectivity index (χ3n) is 8.10. The average molecular weight is 603 g/mol. The highest BCUT2D eigenvalue weighted by molar-refractivity contribution is 6.42. The molecule has 2 aromatic rings. The van der Waals surface area contributed by atoms with Crippen LogP contribution in [-0.2, 0) is 32.0 Å². The SMILES string of the molecule is CC(C)OC(=O)CC[C@H](C(=O)CCc1ccc(Cl)c(Cl)c1)N1CCC(CCc2ccccc2)N2C[C@H](N)C[C@H]2C1=O. The number of benzene rings is 2. The number of esters is 1. The van der Waals surface area contributed by atoms with E-state index in [2.05, 4.69) is 17.0 Å². The summed E-state index contributed by atoms with van der Waals surface area (Å²) in [6, 6.07) is 14.7. The highest BCUT2D eigenvalue weighted by atomic mass is 35.5. The lowest BCUT2D eigenvalue weighted by molar-refractivity contribution is -0.149. The molecule has 2 saturated heterocycles. The summed E-state index contributed by atoms with van der Waals surface area (Å²) in [6.07, 6.45) is 3.86. The van der Waals surface area contributed by atoms with E-state index in [0.29, 0.717) is 36.0 Å². The summed E-state index contributed by atoms with van der Waals surface area (Å²) in [6.45, 7) is 4.72. The van der Waals surface area contributed by atoms with Crippen LogP contribution < -0.4 is 5.73 Å². The molecular weight excluding hydrogens is 561 g/mol. The lowest BCUT2D eigenvalue weighted by atomic mass is 9.97. The van der Waals surface area contributed by atoms with E-state index in [9.17, 15) is 14.4 Å². The van der Waals surface area contributed by atoms with Gasteiger partial charge >= 0.3 is 5.97 Å². The first kappa shape index (κ1) is 31.5. The summed E-state index contributed by atoms with van der Waals surface area (Å²) in [7, 11) is 0. The van der Waals surface area contributed by atoms with Crippen molar-refractivity contribution in [2.45, 2.75) is 95.5 Å². The predicted molar refractivity (Wildman–Crippen MR) is 162 cm³/mol. The maximum absolute atomic E-state index is 14.0. The molecule has 4 atom stereocenters. The molecular formula is C32H41Cl2N3O4. The van der Waals surface area contributed by atoms with Crippen LogP contribution in [0.3, 0.4) is 0 Å². The van der Waals surface area contributed by atoms with Crippen molar-refractivity contribution in [3.05, 3.63) is 69.7 Å². The number of Topliss-reactive ketones (excluding diaryl/α,β-unsaturated/α-hetero) is 1. The zero-order valence-electron chi connectivity index (χ0n) is 23.9. The third kappa shape index (κ3) is 8.54. The normalized spacial score (nSPS) is 22.0. The molecule has 2 aliphatic heterocycles. The number of halogens is 2. The van der Waals surface area contributed by atoms with E-state index in [0.717, 1.165) is 24.8 Å². The van der Waals surface area contributed by atoms with Gasteiger partial charge < -0.3 is 15.4 Å². The second-order valence-electron chi connectivity index (χ2n) is 11.5. The van der Waals surface area contributed by atoms with Crippen molar-refractivity contribution in [2.24, 2.45) is 5.73 Å². The van der Waals surface area contributed by atoms with Crippen molar-refractivity contribution in [1.82, 2.24) is 9.80 Å². The lowest BCUT2D eigenvalue weighted by Gasteiger charge is -2.32. The van der Waals surface area contributed by atoms with E-state index >= 15 is 0 Å². The number of ether oxygens (including phenoxy) is 1. The summed E-state index contributed by atoms with van der Waals surface area (Å²) >= 11 is 12.2. The topological polar surface area (TPSA) is 92.9 Å². The van der Waals surface area contributed by atoms with Crippen molar-refractivity contribution in [1.29, 1.82) is 0 Å². The smallest absolute Gasteiger partial charge is 0.306 e. The van der Waals surface area contributed by atoms with Gasteiger partial charge in [-0.3, -0.25) is 19.3 Å². The first-order valence-corrected chi connectivity index (χ1v) is 15.4. The Bertz CT molecular complexity index is 1210. The highest BCUT2D eigenvalue weighted by Crippen LogP contribution is 2.31. The second-order valence-corrected chi connectivity index (χ2v) is 12.3. The molecule has 0 radical (unpaired) electrons. The van der Waals surface area contributed by atoms with Gasteiger partial charge in [0.25, 0.3) is 0 Å². The quantitative estimate of drug-likeness (QED) is 0.335. The van der Waals surface area contributed by atoms with Crippen molar-refractivity contribution >= 4 is 40.9 Å². The van der Waals surface area contributed by atoms with Crippen LogP contribution in [0.4, 0.5) is 0 Å². The van der Waals surface area contributed by atoms with Crippen molar-refractivity contribution in [3.8, 4) is 0 Å². The van der Waals surface area contributed by atoms with E-state index in [1.54, 1.807) is 30.9 Å². The zero-order chi connectivity index (χ0) is 29.5. The van der Waals surface area contributed by atoms with E-state index in [-0.39, 0.29) is 61.2 Å². The molecule has 0 bridgehead atoms. The summed E-state index contributed by atoms with van der Waals surface area (Å²) in [5.41, 5.74) is 8.53. The fourth-order valence-electron chi connectivity index (χ4n) is 6.09. The average Bonchev–Trinajstić information content (AvgIpc) is 3.28. The molecule has 2 aliphatic rings. The van der Waals surface area contributed by atoms with Crippen LogP contribution in [0, 0.1) is 0 Å². The van der Waals surface area contributed by atoms with Crippen LogP contribution in [0.2, 0.25) is 10.0 Å². The predicted octanol–water partition coefficient (Wildman–Crippen LogP) is 5.23. The molecule has 0 aromatic heterocycles. The van der Waals surface area contributed by atoms with Crippen LogP contribution in [0.5, 0.6) is 0 Å². The largest absolute Gasteiger partial charge is 0.463 e. The van der Waals surface area contributed by atoms with Gasteiger partial charge in [0, 0.05) is 38.0 Å². The van der Waals surface area contributed by atoms with Crippen LogP contribution >= 0.6 is 23.2 Å². The van der Waals surface area contributed by atoms with Crippen molar-refractivity contribution in [3.63, 3.8) is 0 Å². The molecule has 0 saturated carbocycles. The fourth-order valence-corrected chi connectivity index (χ4v) is 6.41. The van der Waals surface area contributed by atoms with Crippen LogP contribution in [0.1, 0.15) is 63.5 Å². The molecule has 0 spiro atoms. The molecule has 2 fully saturated rings. The Kier molecular flexibility index (Phi) is 11.2. The van der Waals surface area contributed by atoms with E-state index in [1.807, 2.05) is 24.3 Å². The highest BCUT2D eigenvalue weighted by Gasteiger charge is 2.45. The van der Waals surface area contributed by atoms with Gasteiger partial charge in [0.15, 0.2) is 5.78 Å². The maximum Gasteiger partial charge on any atom is 0.306 e. The number of carbonyl (C=O) groups excluding carboxylic acids is 3. The maximum atomic E-state index is 14.0. The van der Waals surface area contributed by atoms with Gasteiger partial charge in [0.2, 0.25) is 5.91 Å². The first-order chi connectivity index (χ1) is 19.6. The van der Waals surface area contributed by atoms with E-state index < -0.39 is 6.04 Å². The van der Waals surface area contributed by atoms with E-state index in [1.165, 1.54) is 5.56 Å². The molecule has 1 unspecified atom stereocenters. The number of nitrogens with zero attached hydrogens (tertiary/aromatic N) is 2. The molecule has 222 valence electrons. The molecule has 2 heterocycles. The van der Waals surface area contributed by atoms with Gasteiger partial charge in [-0.1, -0.05) is 59.6 Å². The van der Waals surface area contributed by atoms with Crippen LogP contribution in [0.25, 0.3) is 0 Å². The number of ketones is 1. The molecule has 4 rings (SSSR count). The Balaban J connectivity index is 1.52. The molecule has 1 amide bonds. The van der Waals surface area contributed by atoms with Crippen molar-refractivity contribution < 1.29 is 19.1 Å². The molecule has 7 nitrogen and oxygen atoms in total. The number of aryl methyl sites for hydroxylation is 2. The minimum absolute atomic E-state index is 0.0646. The fraction of sp³-hybridized carbons (Fsp3) is 0.531. The molecule has 2 N–H and O–H groups in total. The molecule has 2 aromatic carbocycles. The number of hydrogen-bond donors (Lipinski definition) is 1. The lowest BCUT2D eigenvalue weighted by Crippen LogP contribution is -2.50. The Morgan fingerprint density at radius 3 is 2.49 bits per heavy atom. The number of rotatable bonds is 12. The standard InChI is InChI=1S/C32H41Cl2N3O4/c1-21(2)41-31(39)15-13-28(30(38)14-10-23-9-12-26(33)27(34)18-23)36-17-16-25(11-8-22-6-4-3-5-7-22)37-20-24(35)19-29(37)32(36)40/h3-7,9,12,18,21,24-25,28-29H,8,10-11,13-17,19-20,35H2,1-2H3/t24-,25?,28-,29+/m1/s1. The number of amides is 1. The van der Waals surface area contributed by atoms with Crippen molar-refractivity contribution in [2.75, 3.05) is 13.1 Å². The Morgan fingerprint density at radius 1 is 1.02 bits per heavy atom. The molecule has 41 heavy (non-hydrogen) atoms. The minimum atomic E-state index is -0.712. The van der Waals surface area contributed by atoms with Crippen LogP contribution in [-0.4, -0.2) is 70.8 Å². The van der Waals surface area contributed by atoms with Crippen LogP contribution in [0.15, 0.2) is 48.5 Å². The van der Waals surface area contributed by atoms with Gasteiger partial charge in [-0.05, 0) is 75.6 Å². The van der Waals surface area contributed by atoms with Gasteiger partial charge in [0.05, 0.1) is 28.2 Å². The first-order valence-electron chi connectivity index (χ1n) is 14.6. The Labute approximate surface area is 253 Å². The van der Waals surface area contributed by atoms with Gasteiger partial charge in [-0.15, -0.1) is 0 Å². The zero-order valence-corrected chi connectivity index (χ0v) is 25.4.